The number of thioether (sulfide) groups is 1. The molecule has 42 heavy (non-hydrogen) atoms. The molecule has 0 saturated carbocycles. The molecule has 1 N–H and O–H groups in total. The van der Waals surface area contributed by atoms with Crippen molar-refractivity contribution in [2.45, 2.75) is 89.3 Å². The fourth-order valence-corrected chi connectivity index (χ4v) is 8.20. The second-order valence-electron chi connectivity index (χ2n) is 12.7. The van der Waals surface area contributed by atoms with Crippen LogP contribution in [0.15, 0.2) is 43.0 Å². The van der Waals surface area contributed by atoms with Crippen molar-refractivity contribution in [3.8, 4) is 0 Å². The van der Waals surface area contributed by atoms with Crippen molar-refractivity contribution in [2.24, 2.45) is 5.92 Å². The minimum atomic E-state index is -2.84. The molecule has 8 bridgehead atoms. The third-order valence-electron chi connectivity index (χ3n) is 9.63. The van der Waals surface area contributed by atoms with E-state index in [-0.39, 0.29) is 23.9 Å². The Balaban J connectivity index is 1.29. The van der Waals surface area contributed by atoms with E-state index >= 15 is 8.78 Å². The number of benzene rings is 1. The van der Waals surface area contributed by atoms with Gasteiger partial charge in [0.1, 0.15) is 23.8 Å². The van der Waals surface area contributed by atoms with E-state index in [9.17, 15) is 0 Å². The highest BCUT2D eigenvalue weighted by Gasteiger charge is 2.39. The number of fused-ring (bicyclic) bond motifs is 9. The minimum absolute atomic E-state index is 0.0630. The summed E-state index contributed by atoms with van der Waals surface area (Å²) in [4.78, 5) is 16.6. The molecule has 2 fully saturated rings. The largest absolute Gasteiger partial charge is 0.363 e. The van der Waals surface area contributed by atoms with Crippen molar-refractivity contribution in [1.29, 1.82) is 0 Å². The zero-order valence-electron chi connectivity index (χ0n) is 25.0. The molecule has 1 atom stereocenters. The normalized spacial score (nSPS) is 27.7. The molecular weight excluding hydrogens is 550 g/mol. The van der Waals surface area contributed by atoms with Crippen LogP contribution >= 0.6 is 11.8 Å². The zero-order chi connectivity index (χ0) is 29.1. The number of rotatable bonds is 1. The smallest absolute Gasteiger partial charge is 0.273 e. The Kier molecular flexibility index (Phi) is 9.24. The second-order valence-corrected chi connectivity index (χ2v) is 13.9. The summed E-state index contributed by atoms with van der Waals surface area (Å²) in [5, 5.41) is 3.59. The van der Waals surface area contributed by atoms with Gasteiger partial charge in [0.2, 0.25) is 0 Å². The van der Waals surface area contributed by atoms with Crippen LogP contribution in [0.4, 0.5) is 20.4 Å². The topological polar surface area (TPSA) is 47.5 Å². The summed E-state index contributed by atoms with van der Waals surface area (Å²) in [6, 6.07) is 7.25. The summed E-state index contributed by atoms with van der Waals surface area (Å²) >= 11 is 2.03. The maximum absolute atomic E-state index is 15.5. The van der Waals surface area contributed by atoms with E-state index in [0.717, 1.165) is 80.4 Å². The van der Waals surface area contributed by atoms with Gasteiger partial charge in [-0.1, -0.05) is 50.5 Å². The predicted molar refractivity (Wildman–Crippen MR) is 169 cm³/mol. The van der Waals surface area contributed by atoms with Crippen molar-refractivity contribution < 1.29 is 8.78 Å². The van der Waals surface area contributed by atoms with Gasteiger partial charge in [0.15, 0.2) is 0 Å². The quantitative estimate of drug-likeness (QED) is 0.368. The van der Waals surface area contributed by atoms with Gasteiger partial charge in [-0.3, -0.25) is 0 Å². The molecule has 1 aromatic carbocycles. The predicted octanol–water partition coefficient (Wildman–Crippen LogP) is 7.41. The second kappa shape index (κ2) is 13.1. The Hall–Kier alpha value is -2.39. The van der Waals surface area contributed by atoms with Crippen LogP contribution in [-0.4, -0.2) is 63.5 Å². The first-order valence-corrected chi connectivity index (χ1v) is 17.2. The van der Waals surface area contributed by atoms with E-state index in [1.165, 1.54) is 37.2 Å². The van der Waals surface area contributed by atoms with Gasteiger partial charge in [-0.25, -0.2) is 18.7 Å². The lowest BCUT2D eigenvalue weighted by atomic mass is 9.89. The molecule has 2 saturated heterocycles. The highest BCUT2D eigenvalue weighted by atomic mass is 32.2. The number of anilines is 2. The molecular formula is C33H46F2N6S. The van der Waals surface area contributed by atoms with E-state index in [1.54, 1.807) is 24.5 Å². The highest BCUT2D eigenvalue weighted by molar-refractivity contribution is 7.99. The van der Waals surface area contributed by atoms with E-state index < -0.39 is 5.92 Å². The molecule has 1 aromatic heterocycles. The van der Waals surface area contributed by atoms with Crippen LogP contribution in [0.3, 0.4) is 0 Å². The molecule has 6 nitrogen and oxygen atoms in total. The fourth-order valence-electron chi connectivity index (χ4n) is 7.12. The lowest BCUT2D eigenvalue weighted by Gasteiger charge is -2.45. The Morgan fingerprint density at radius 3 is 2.52 bits per heavy atom. The molecule has 9 heteroatoms. The molecule has 5 aliphatic rings. The van der Waals surface area contributed by atoms with Crippen LogP contribution in [0.1, 0.15) is 87.4 Å². The number of nitrogens with one attached hydrogen (secondary N) is 1. The molecule has 0 amide bonds. The fraction of sp³-hybridized carbons (Fsp3) is 0.636. The van der Waals surface area contributed by atoms with Crippen LogP contribution in [0.5, 0.6) is 0 Å². The maximum atomic E-state index is 15.5. The molecule has 0 aliphatic carbocycles. The van der Waals surface area contributed by atoms with Crippen molar-refractivity contribution in [3.63, 3.8) is 0 Å². The van der Waals surface area contributed by atoms with Crippen LogP contribution < -0.4 is 10.2 Å². The van der Waals surface area contributed by atoms with Gasteiger partial charge in [-0.2, -0.15) is 11.8 Å². The van der Waals surface area contributed by atoms with Crippen molar-refractivity contribution in [1.82, 2.24) is 19.8 Å². The molecule has 228 valence electrons. The Bertz CT molecular complexity index is 1230. The van der Waals surface area contributed by atoms with Gasteiger partial charge in [0.25, 0.3) is 5.92 Å². The third-order valence-corrected chi connectivity index (χ3v) is 10.7. The van der Waals surface area contributed by atoms with E-state index in [4.69, 9.17) is 9.97 Å². The standard InChI is InChI=1S/C33H46F2N6S/c1-24-27-10-9-11-28(18-27)33(34,35)19-26-20-39(21-26)14-7-5-3-4-6-8-15-40-25(2)41(29-12-16-42-17-13-29)22-30-31(38-24)36-23-37-32(30)40/h9-11,18,23-24,26,29H,2-8,12-17,19-22H2,1H3,(H,36,37,38). The van der Waals surface area contributed by atoms with Crippen LogP contribution in [0.2, 0.25) is 0 Å². The van der Waals surface area contributed by atoms with Gasteiger partial charge in [0, 0.05) is 43.7 Å². The lowest BCUT2D eigenvalue weighted by Crippen LogP contribution is -2.48. The van der Waals surface area contributed by atoms with Crippen molar-refractivity contribution in [3.05, 3.63) is 59.7 Å². The Labute approximate surface area is 254 Å². The maximum Gasteiger partial charge on any atom is 0.273 e. The van der Waals surface area contributed by atoms with Crippen LogP contribution in [0, 0.1) is 5.92 Å². The average molecular weight is 597 g/mol. The first kappa shape index (κ1) is 29.7. The van der Waals surface area contributed by atoms with Crippen LogP contribution in [-0.2, 0) is 12.5 Å². The number of halogens is 2. The first-order chi connectivity index (χ1) is 20.4. The van der Waals surface area contributed by atoms with Gasteiger partial charge in [-0.15, -0.1) is 0 Å². The summed E-state index contributed by atoms with van der Waals surface area (Å²) in [7, 11) is 0. The molecule has 5 aliphatic heterocycles. The van der Waals surface area contributed by atoms with E-state index in [1.807, 2.05) is 24.8 Å². The van der Waals surface area contributed by atoms with E-state index in [0.29, 0.717) is 12.6 Å². The van der Waals surface area contributed by atoms with Gasteiger partial charge in [-0.05, 0) is 68.2 Å². The monoisotopic (exact) mass is 596 g/mol. The Morgan fingerprint density at radius 2 is 1.74 bits per heavy atom. The number of aromatic nitrogens is 2. The van der Waals surface area contributed by atoms with E-state index in [2.05, 4.69) is 26.6 Å². The zero-order valence-corrected chi connectivity index (χ0v) is 25.9. The van der Waals surface area contributed by atoms with Crippen LogP contribution in [0.25, 0.3) is 0 Å². The minimum Gasteiger partial charge on any atom is -0.363 e. The molecule has 6 heterocycles. The highest BCUT2D eigenvalue weighted by Crippen LogP contribution is 2.41. The number of hydrogen-bond donors (Lipinski definition) is 1. The summed E-state index contributed by atoms with van der Waals surface area (Å²) in [6.45, 7) is 10.8. The summed E-state index contributed by atoms with van der Waals surface area (Å²) < 4.78 is 30.9. The van der Waals surface area contributed by atoms with Crippen molar-refractivity contribution in [2.75, 3.05) is 47.9 Å². The SMILES string of the molecule is C=C1N2CCCCCCCCN3CC(C3)CC(F)(F)c3cccc(c3)C(C)Nc3ncnc2c3CN1C1CCSCC1. The lowest BCUT2D eigenvalue weighted by molar-refractivity contribution is -0.0568. The molecule has 7 rings (SSSR count). The molecule has 0 radical (unpaired) electrons. The average Bonchev–Trinajstić information content (AvgIpc) is 2.98. The Morgan fingerprint density at radius 1 is 1.00 bits per heavy atom. The first-order valence-electron chi connectivity index (χ1n) is 16.0. The third kappa shape index (κ3) is 6.57. The number of nitrogens with zero attached hydrogens (tertiary/aromatic N) is 5. The van der Waals surface area contributed by atoms with Gasteiger partial charge in [0.05, 0.1) is 12.1 Å². The molecule has 2 aromatic rings. The van der Waals surface area contributed by atoms with Gasteiger partial charge >= 0.3 is 0 Å². The van der Waals surface area contributed by atoms with Crippen molar-refractivity contribution >= 4 is 23.4 Å². The number of alkyl halides is 2. The molecule has 1 unspecified atom stereocenters. The summed E-state index contributed by atoms with van der Waals surface area (Å²) in [5.74, 6) is 2.35. The summed E-state index contributed by atoms with van der Waals surface area (Å²) in [5.41, 5.74) is 2.03. The summed E-state index contributed by atoms with van der Waals surface area (Å²) in [6.07, 6.45) is 10.9. The van der Waals surface area contributed by atoms with Gasteiger partial charge < -0.3 is 20.0 Å². The number of hydrogen-bond acceptors (Lipinski definition) is 7. The molecule has 0 spiro atoms.